The minimum absolute atomic E-state index is 0.135. The fraction of sp³-hybridized carbons (Fsp3) is 0.111. The fourth-order valence-corrected chi connectivity index (χ4v) is 1.98. The Labute approximate surface area is 81.4 Å². The summed E-state index contributed by atoms with van der Waals surface area (Å²) in [5.74, 6) is 0. The Bertz CT molecular complexity index is 435. The van der Waals surface area contributed by atoms with E-state index in [-0.39, 0.29) is 11.9 Å². The molecule has 1 aliphatic heterocycles. The minimum atomic E-state index is -4.10. The molecule has 0 atom stereocenters. The predicted octanol–water partition coefficient (Wildman–Crippen LogP) is 1.63. The third-order valence-electron chi connectivity index (χ3n) is 2.12. The number of fused-ring (bicyclic) bond motifs is 1. The van der Waals surface area contributed by atoms with E-state index < -0.39 is 7.60 Å². The number of para-hydroxylation sites is 1. The van der Waals surface area contributed by atoms with Crippen LogP contribution < -0.4 is 5.32 Å². The first kappa shape index (κ1) is 9.46. The Hall–Kier alpha value is -1.09. The smallest absolute Gasteiger partial charge is 0.354 e. The molecule has 0 aromatic heterocycles. The summed E-state index contributed by atoms with van der Waals surface area (Å²) in [7, 11) is -4.10. The van der Waals surface area contributed by atoms with Gasteiger partial charge in [-0.05, 0) is 17.7 Å². The van der Waals surface area contributed by atoms with Crippen LogP contribution in [0.3, 0.4) is 0 Å². The van der Waals surface area contributed by atoms with Crippen molar-refractivity contribution >= 4 is 19.4 Å². The van der Waals surface area contributed by atoms with Gasteiger partial charge < -0.3 is 15.1 Å². The van der Waals surface area contributed by atoms with Crippen LogP contribution in [0.2, 0.25) is 0 Å². The molecule has 14 heavy (non-hydrogen) atoms. The van der Waals surface area contributed by atoms with Crippen LogP contribution in [0.4, 0.5) is 5.69 Å². The number of hydrogen-bond acceptors (Lipinski definition) is 2. The average molecular weight is 211 g/mol. The van der Waals surface area contributed by atoms with Crippen molar-refractivity contribution in [2.75, 3.05) is 11.9 Å². The van der Waals surface area contributed by atoms with Gasteiger partial charge >= 0.3 is 7.60 Å². The molecule has 2 rings (SSSR count). The molecule has 1 heterocycles. The van der Waals surface area contributed by atoms with E-state index in [9.17, 15) is 4.57 Å². The van der Waals surface area contributed by atoms with E-state index in [0.29, 0.717) is 0 Å². The first-order chi connectivity index (χ1) is 6.57. The first-order valence-electron chi connectivity index (χ1n) is 4.17. The SMILES string of the molecule is O=P(O)(O)C1=Cc2ccccc2NC1. The Balaban J connectivity index is 2.46. The van der Waals surface area contributed by atoms with Crippen LogP contribution in [0.1, 0.15) is 5.56 Å². The number of benzene rings is 1. The zero-order valence-corrected chi connectivity index (χ0v) is 8.24. The van der Waals surface area contributed by atoms with Gasteiger partial charge in [0.15, 0.2) is 0 Å². The maximum atomic E-state index is 11.0. The van der Waals surface area contributed by atoms with Crippen molar-refractivity contribution < 1.29 is 14.4 Å². The molecule has 0 bridgehead atoms. The van der Waals surface area contributed by atoms with Crippen molar-refractivity contribution in [3.63, 3.8) is 0 Å². The summed E-state index contributed by atoms with van der Waals surface area (Å²) < 4.78 is 11.0. The van der Waals surface area contributed by atoms with Crippen LogP contribution >= 0.6 is 7.60 Å². The molecule has 4 nitrogen and oxygen atoms in total. The molecule has 74 valence electrons. The van der Waals surface area contributed by atoms with Crippen LogP contribution in [-0.4, -0.2) is 16.3 Å². The first-order valence-corrected chi connectivity index (χ1v) is 5.78. The highest BCUT2D eigenvalue weighted by Crippen LogP contribution is 2.47. The molecular weight excluding hydrogens is 201 g/mol. The predicted molar refractivity (Wildman–Crippen MR) is 55.0 cm³/mol. The van der Waals surface area contributed by atoms with Crippen molar-refractivity contribution in [2.24, 2.45) is 0 Å². The lowest BCUT2D eigenvalue weighted by atomic mass is 10.1. The van der Waals surface area contributed by atoms with Crippen LogP contribution in [0.25, 0.3) is 6.08 Å². The molecule has 0 radical (unpaired) electrons. The molecule has 0 aliphatic carbocycles. The summed E-state index contributed by atoms with van der Waals surface area (Å²) in [4.78, 5) is 17.9. The van der Waals surface area contributed by atoms with E-state index in [2.05, 4.69) is 5.32 Å². The lowest BCUT2D eigenvalue weighted by Gasteiger charge is -2.18. The molecule has 1 aromatic rings. The summed E-state index contributed by atoms with van der Waals surface area (Å²) in [5.41, 5.74) is 1.72. The molecule has 0 fully saturated rings. The van der Waals surface area contributed by atoms with Gasteiger partial charge in [-0.1, -0.05) is 18.2 Å². The summed E-state index contributed by atoms with van der Waals surface area (Å²) >= 11 is 0. The second-order valence-electron chi connectivity index (χ2n) is 3.12. The summed E-state index contributed by atoms with van der Waals surface area (Å²) in [5, 5.41) is 3.09. The number of hydrogen-bond donors (Lipinski definition) is 3. The number of anilines is 1. The van der Waals surface area contributed by atoms with Crippen LogP contribution in [0.5, 0.6) is 0 Å². The maximum absolute atomic E-state index is 11.0. The third-order valence-corrected chi connectivity index (χ3v) is 3.15. The second-order valence-corrected chi connectivity index (χ2v) is 4.78. The van der Waals surface area contributed by atoms with Crippen molar-refractivity contribution in [3.05, 3.63) is 35.1 Å². The number of nitrogens with one attached hydrogen (secondary N) is 1. The lowest BCUT2D eigenvalue weighted by Crippen LogP contribution is -2.10. The zero-order valence-electron chi connectivity index (χ0n) is 7.34. The summed E-state index contributed by atoms with van der Waals surface area (Å²) in [6, 6.07) is 7.40. The Morgan fingerprint density at radius 2 is 2.00 bits per heavy atom. The molecule has 0 amide bonds. The highest BCUT2D eigenvalue weighted by Gasteiger charge is 2.23. The Kier molecular flexibility index (Phi) is 2.19. The van der Waals surface area contributed by atoms with E-state index in [0.717, 1.165) is 11.3 Å². The van der Waals surface area contributed by atoms with Crippen LogP contribution in [-0.2, 0) is 4.57 Å². The highest BCUT2D eigenvalue weighted by molar-refractivity contribution is 7.56. The topological polar surface area (TPSA) is 69.6 Å². The quantitative estimate of drug-likeness (QED) is 0.617. The standard InChI is InChI=1S/C9H10NO3P/c11-14(12,13)8-5-7-3-1-2-4-9(7)10-6-8/h1-5,10H,6H2,(H2,11,12,13). The van der Waals surface area contributed by atoms with E-state index in [1.165, 1.54) is 0 Å². The van der Waals surface area contributed by atoms with Gasteiger partial charge in [0.2, 0.25) is 0 Å². The normalized spacial score (nSPS) is 15.4. The van der Waals surface area contributed by atoms with Gasteiger partial charge in [-0.3, -0.25) is 4.57 Å². The van der Waals surface area contributed by atoms with Crippen LogP contribution in [0.15, 0.2) is 29.6 Å². The largest absolute Gasteiger partial charge is 0.380 e. The third kappa shape index (κ3) is 1.73. The van der Waals surface area contributed by atoms with Gasteiger partial charge in [-0.2, -0.15) is 0 Å². The Morgan fingerprint density at radius 1 is 1.29 bits per heavy atom. The molecule has 1 aromatic carbocycles. The molecule has 0 saturated heterocycles. The van der Waals surface area contributed by atoms with E-state index in [1.54, 1.807) is 6.08 Å². The van der Waals surface area contributed by atoms with Gasteiger partial charge in [0.1, 0.15) is 0 Å². The van der Waals surface area contributed by atoms with Crippen LogP contribution in [0, 0.1) is 0 Å². The summed E-state index contributed by atoms with van der Waals surface area (Å²) in [6.07, 6.45) is 1.55. The highest BCUT2D eigenvalue weighted by atomic mass is 31.2. The molecule has 3 N–H and O–H groups in total. The minimum Gasteiger partial charge on any atom is -0.380 e. The van der Waals surface area contributed by atoms with Crippen molar-refractivity contribution in [1.29, 1.82) is 0 Å². The van der Waals surface area contributed by atoms with Crippen molar-refractivity contribution in [3.8, 4) is 0 Å². The molecule has 1 aliphatic rings. The number of rotatable bonds is 1. The van der Waals surface area contributed by atoms with Gasteiger partial charge in [0, 0.05) is 12.2 Å². The average Bonchev–Trinajstić information content (AvgIpc) is 2.16. The lowest BCUT2D eigenvalue weighted by molar-refractivity contribution is 0.382. The molecular formula is C9H10NO3P. The maximum Gasteiger partial charge on any atom is 0.354 e. The zero-order chi connectivity index (χ0) is 10.2. The molecule has 5 heteroatoms. The van der Waals surface area contributed by atoms with Gasteiger partial charge in [0.05, 0.1) is 5.31 Å². The van der Waals surface area contributed by atoms with Crippen molar-refractivity contribution in [1.82, 2.24) is 0 Å². The monoisotopic (exact) mass is 211 g/mol. The fourth-order valence-electron chi connectivity index (χ4n) is 1.39. The summed E-state index contributed by atoms with van der Waals surface area (Å²) in [6.45, 7) is 0.210. The second kappa shape index (κ2) is 3.24. The molecule has 0 unspecified atom stereocenters. The molecule has 0 spiro atoms. The van der Waals surface area contributed by atoms with Crippen molar-refractivity contribution in [2.45, 2.75) is 0 Å². The van der Waals surface area contributed by atoms with Gasteiger partial charge in [-0.15, -0.1) is 0 Å². The molecule has 0 saturated carbocycles. The van der Waals surface area contributed by atoms with E-state index >= 15 is 0 Å². The van der Waals surface area contributed by atoms with E-state index in [1.807, 2.05) is 24.3 Å². The van der Waals surface area contributed by atoms with E-state index in [4.69, 9.17) is 9.79 Å². The Morgan fingerprint density at radius 3 is 2.71 bits per heavy atom. The van der Waals surface area contributed by atoms with Gasteiger partial charge in [-0.25, -0.2) is 0 Å². The van der Waals surface area contributed by atoms with Gasteiger partial charge in [0.25, 0.3) is 0 Å².